The number of nitrogens with one attached hydrogen (secondary N) is 1. The summed E-state index contributed by atoms with van der Waals surface area (Å²) >= 11 is 0.919. The first-order chi connectivity index (χ1) is 9.97. The lowest BCUT2D eigenvalue weighted by atomic mass is 10.2. The Morgan fingerprint density at radius 2 is 2.00 bits per heavy atom. The van der Waals surface area contributed by atoms with Crippen molar-refractivity contribution in [3.05, 3.63) is 38.4 Å². The lowest BCUT2D eigenvalue weighted by Gasteiger charge is -2.11. The molecular weight excluding hydrogens is 292 g/mol. The van der Waals surface area contributed by atoms with Gasteiger partial charge in [0, 0.05) is 18.8 Å². The average molecular weight is 308 g/mol. The molecule has 0 aliphatic rings. The second-order valence-electron chi connectivity index (χ2n) is 4.36. The van der Waals surface area contributed by atoms with E-state index in [2.05, 4.69) is 5.32 Å². The molecular formula is C14H16N2O4S. The lowest BCUT2D eigenvalue weighted by Crippen LogP contribution is -2.13. The van der Waals surface area contributed by atoms with E-state index in [1.807, 2.05) is 0 Å². The number of hydrogen-bond acceptors (Lipinski definition) is 5. The van der Waals surface area contributed by atoms with Crippen LogP contribution in [0.2, 0.25) is 0 Å². The number of nitrogens with zero attached hydrogens (tertiary/aromatic N) is 1. The van der Waals surface area contributed by atoms with E-state index in [0.717, 1.165) is 11.3 Å². The van der Waals surface area contributed by atoms with Gasteiger partial charge in [0.25, 0.3) is 5.91 Å². The predicted molar refractivity (Wildman–Crippen MR) is 81.8 cm³/mol. The molecule has 0 atom stereocenters. The van der Waals surface area contributed by atoms with Crippen LogP contribution < -0.4 is 19.7 Å². The second kappa shape index (κ2) is 6.01. The van der Waals surface area contributed by atoms with Gasteiger partial charge in [-0.05, 0) is 19.1 Å². The van der Waals surface area contributed by atoms with E-state index >= 15 is 0 Å². The Labute approximate surface area is 125 Å². The minimum Gasteiger partial charge on any atom is -0.497 e. The number of ether oxygens (including phenoxy) is 2. The molecule has 1 aromatic carbocycles. The minimum atomic E-state index is -0.335. The summed E-state index contributed by atoms with van der Waals surface area (Å²) in [4.78, 5) is 24.1. The fourth-order valence-electron chi connectivity index (χ4n) is 1.81. The normalized spacial score (nSPS) is 10.3. The van der Waals surface area contributed by atoms with Crippen molar-refractivity contribution in [3.8, 4) is 11.5 Å². The van der Waals surface area contributed by atoms with E-state index < -0.39 is 0 Å². The van der Waals surface area contributed by atoms with Gasteiger partial charge in [-0.2, -0.15) is 0 Å². The van der Waals surface area contributed by atoms with Crippen molar-refractivity contribution < 1.29 is 14.3 Å². The zero-order chi connectivity index (χ0) is 15.6. The molecule has 0 spiro atoms. The summed E-state index contributed by atoms with van der Waals surface area (Å²) in [6.07, 6.45) is 0. The van der Waals surface area contributed by atoms with Crippen molar-refractivity contribution in [2.45, 2.75) is 6.92 Å². The van der Waals surface area contributed by atoms with Crippen molar-refractivity contribution in [1.29, 1.82) is 0 Å². The number of rotatable bonds is 4. The molecule has 2 aromatic rings. The number of anilines is 1. The number of aromatic nitrogens is 1. The number of benzene rings is 1. The van der Waals surface area contributed by atoms with E-state index in [1.54, 1.807) is 39.3 Å². The number of hydrogen-bond donors (Lipinski definition) is 1. The number of carbonyl (C=O) groups excluding carboxylic acids is 1. The first-order valence-electron chi connectivity index (χ1n) is 6.17. The highest BCUT2D eigenvalue weighted by molar-refractivity contribution is 7.11. The standard InChI is InChI=1S/C14H16N2O4S/c1-8-12(21-14(18)16(8)2)13(17)15-10-6-5-9(19-3)7-11(10)20-4/h5-7H,1-4H3,(H,15,17). The van der Waals surface area contributed by atoms with E-state index in [0.29, 0.717) is 27.8 Å². The van der Waals surface area contributed by atoms with Gasteiger partial charge in [-0.3, -0.25) is 9.59 Å². The fraction of sp³-hybridized carbons (Fsp3) is 0.286. The first kappa shape index (κ1) is 15.1. The third-order valence-corrected chi connectivity index (χ3v) is 4.29. The number of methoxy groups -OCH3 is 2. The van der Waals surface area contributed by atoms with Crippen LogP contribution in [-0.4, -0.2) is 24.7 Å². The molecule has 1 N–H and O–H groups in total. The van der Waals surface area contributed by atoms with Crippen molar-refractivity contribution in [2.75, 3.05) is 19.5 Å². The van der Waals surface area contributed by atoms with Gasteiger partial charge < -0.3 is 19.4 Å². The van der Waals surface area contributed by atoms with Crippen LogP contribution in [0.1, 0.15) is 15.4 Å². The molecule has 21 heavy (non-hydrogen) atoms. The van der Waals surface area contributed by atoms with E-state index in [9.17, 15) is 9.59 Å². The third-order valence-electron chi connectivity index (χ3n) is 3.16. The Bertz CT molecular complexity index is 733. The second-order valence-corrected chi connectivity index (χ2v) is 5.32. The predicted octanol–water partition coefficient (Wildman–Crippen LogP) is 2.02. The van der Waals surface area contributed by atoms with Crippen LogP contribution in [-0.2, 0) is 7.05 Å². The summed E-state index contributed by atoms with van der Waals surface area (Å²) in [5, 5.41) is 2.75. The lowest BCUT2D eigenvalue weighted by molar-refractivity contribution is 0.102. The quantitative estimate of drug-likeness (QED) is 0.938. The van der Waals surface area contributed by atoms with Crippen LogP contribution in [0.15, 0.2) is 23.0 Å². The van der Waals surface area contributed by atoms with Gasteiger partial charge in [0.05, 0.1) is 19.9 Å². The molecule has 0 aliphatic heterocycles. The Kier molecular flexibility index (Phi) is 4.32. The first-order valence-corrected chi connectivity index (χ1v) is 6.99. The molecule has 0 radical (unpaired) electrons. The Morgan fingerprint density at radius 3 is 2.52 bits per heavy atom. The van der Waals surface area contributed by atoms with Gasteiger partial charge in [0.2, 0.25) is 0 Å². The Hall–Kier alpha value is -2.28. The minimum absolute atomic E-state index is 0.167. The van der Waals surface area contributed by atoms with Crippen molar-refractivity contribution in [1.82, 2.24) is 4.57 Å². The Morgan fingerprint density at radius 1 is 1.29 bits per heavy atom. The molecule has 0 saturated carbocycles. The van der Waals surface area contributed by atoms with Crippen LogP contribution in [0.4, 0.5) is 5.69 Å². The zero-order valence-corrected chi connectivity index (χ0v) is 13.0. The molecule has 7 heteroatoms. The number of carbonyl (C=O) groups is 1. The van der Waals surface area contributed by atoms with Crippen LogP contribution in [0.25, 0.3) is 0 Å². The van der Waals surface area contributed by atoms with Crippen molar-refractivity contribution >= 4 is 22.9 Å². The highest BCUT2D eigenvalue weighted by Gasteiger charge is 2.17. The monoisotopic (exact) mass is 308 g/mol. The molecule has 0 unspecified atom stereocenters. The molecule has 0 saturated heterocycles. The van der Waals surface area contributed by atoms with Crippen LogP contribution in [0.3, 0.4) is 0 Å². The highest BCUT2D eigenvalue weighted by Crippen LogP contribution is 2.29. The topological polar surface area (TPSA) is 69.6 Å². The molecule has 0 bridgehead atoms. The maximum Gasteiger partial charge on any atom is 0.307 e. The van der Waals surface area contributed by atoms with Gasteiger partial charge in [0.1, 0.15) is 16.4 Å². The summed E-state index contributed by atoms with van der Waals surface area (Å²) in [5.41, 5.74) is 1.15. The van der Waals surface area contributed by atoms with Crippen LogP contribution in [0.5, 0.6) is 11.5 Å². The zero-order valence-electron chi connectivity index (χ0n) is 12.2. The van der Waals surface area contributed by atoms with Crippen LogP contribution in [0, 0.1) is 6.92 Å². The van der Waals surface area contributed by atoms with Gasteiger partial charge in [0.15, 0.2) is 0 Å². The van der Waals surface area contributed by atoms with Gasteiger partial charge in [-0.1, -0.05) is 11.3 Å². The molecule has 1 heterocycles. The average Bonchev–Trinajstić information content (AvgIpc) is 2.75. The Balaban J connectivity index is 2.31. The largest absolute Gasteiger partial charge is 0.497 e. The molecule has 112 valence electrons. The number of amides is 1. The van der Waals surface area contributed by atoms with Gasteiger partial charge in [-0.15, -0.1) is 0 Å². The SMILES string of the molecule is COc1ccc(NC(=O)c2sc(=O)n(C)c2C)c(OC)c1. The molecule has 1 amide bonds. The summed E-state index contributed by atoms with van der Waals surface area (Å²) in [6, 6.07) is 5.09. The molecule has 0 aliphatic carbocycles. The fourth-order valence-corrected chi connectivity index (χ4v) is 2.69. The van der Waals surface area contributed by atoms with E-state index in [1.165, 1.54) is 11.7 Å². The summed E-state index contributed by atoms with van der Waals surface area (Å²) < 4.78 is 11.8. The summed E-state index contributed by atoms with van der Waals surface area (Å²) in [5.74, 6) is 0.785. The van der Waals surface area contributed by atoms with E-state index in [-0.39, 0.29) is 10.8 Å². The molecule has 6 nitrogen and oxygen atoms in total. The smallest absolute Gasteiger partial charge is 0.307 e. The van der Waals surface area contributed by atoms with Gasteiger partial charge in [-0.25, -0.2) is 0 Å². The molecule has 0 fully saturated rings. The van der Waals surface area contributed by atoms with Crippen molar-refractivity contribution in [2.24, 2.45) is 7.05 Å². The molecule has 2 rings (SSSR count). The van der Waals surface area contributed by atoms with Crippen molar-refractivity contribution in [3.63, 3.8) is 0 Å². The van der Waals surface area contributed by atoms with Crippen LogP contribution >= 0.6 is 11.3 Å². The maximum absolute atomic E-state index is 12.3. The maximum atomic E-state index is 12.3. The van der Waals surface area contributed by atoms with Gasteiger partial charge >= 0.3 is 4.87 Å². The summed E-state index contributed by atoms with van der Waals surface area (Å²) in [6.45, 7) is 1.73. The third kappa shape index (κ3) is 2.92. The van der Waals surface area contributed by atoms with E-state index in [4.69, 9.17) is 9.47 Å². The highest BCUT2D eigenvalue weighted by atomic mass is 32.1. The molecule has 1 aromatic heterocycles. The number of thiazole rings is 1. The summed E-state index contributed by atoms with van der Waals surface area (Å²) in [7, 11) is 4.70.